The molecular formula is C18H16N4O9. The van der Waals surface area contributed by atoms with E-state index in [1.54, 1.807) is 13.8 Å². The highest BCUT2D eigenvalue weighted by molar-refractivity contribution is 5.46. The summed E-state index contributed by atoms with van der Waals surface area (Å²) in [4.78, 5) is 42.5. The van der Waals surface area contributed by atoms with Gasteiger partial charge >= 0.3 is 0 Å². The molecule has 1 aromatic carbocycles. The van der Waals surface area contributed by atoms with Crippen LogP contribution in [0.3, 0.4) is 0 Å². The minimum Gasteiger partial charge on any atom is -0.485 e. The van der Waals surface area contributed by atoms with Crippen molar-refractivity contribution in [2.75, 3.05) is 0 Å². The fourth-order valence-corrected chi connectivity index (χ4v) is 3.31. The van der Waals surface area contributed by atoms with Gasteiger partial charge in [0, 0.05) is 23.4 Å². The summed E-state index contributed by atoms with van der Waals surface area (Å²) in [6, 6.07) is 7.42. The zero-order chi connectivity index (χ0) is 22.9. The summed E-state index contributed by atoms with van der Waals surface area (Å²) in [6.07, 6.45) is -2.31. The van der Waals surface area contributed by atoms with Crippen molar-refractivity contribution in [3.8, 4) is 11.8 Å². The zero-order valence-corrected chi connectivity index (χ0v) is 16.2. The van der Waals surface area contributed by atoms with Crippen molar-refractivity contribution < 1.29 is 29.7 Å². The van der Waals surface area contributed by atoms with Gasteiger partial charge in [-0.2, -0.15) is 5.26 Å². The molecule has 2 unspecified atom stereocenters. The molecule has 162 valence electrons. The molecule has 2 heterocycles. The Morgan fingerprint density at radius 3 is 2.45 bits per heavy atom. The first-order valence-electron chi connectivity index (χ1n) is 8.79. The molecule has 0 spiro atoms. The van der Waals surface area contributed by atoms with Gasteiger partial charge in [0.05, 0.1) is 17.7 Å². The molecule has 2 aromatic rings. The summed E-state index contributed by atoms with van der Waals surface area (Å²) >= 11 is 0. The fraction of sp³-hybridized carbons (Fsp3) is 0.333. The lowest BCUT2D eigenvalue weighted by atomic mass is 9.85. The number of ether oxygens (including phenoxy) is 1. The molecule has 0 aliphatic carbocycles. The van der Waals surface area contributed by atoms with Gasteiger partial charge in [-0.25, -0.2) is 0 Å². The number of rotatable bonds is 6. The summed E-state index contributed by atoms with van der Waals surface area (Å²) in [5.74, 6) is 0.316. The van der Waals surface area contributed by atoms with E-state index in [0.717, 1.165) is 22.9 Å². The van der Waals surface area contributed by atoms with Crippen molar-refractivity contribution in [1.29, 1.82) is 5.26 Å². The minimum absolute atomic E-state index is 0.220. The zero-order valence-electron chi connectivity index (χ0n) is 16.2. The first-order chi connectivity index (χ1) is 14.5. The Morgan fingerprint density at radius 1 is 1.23 bits per heavy atom. The molecule has 1 aromatic heterocycles. The fourth-order valence-electron chi connectivity index (χ4n) is 3.31. The lowest BCUT2D eigenvalue weighted by Crippen LogP contribution is -2.52. The van der Waals surface area contributed by atoms with Gasteiger partial charge in [0.15, 0.2) is 0 Å². The average Bonchev–Trinajstić information content (AvgIpc) is 2.68. The summed E-state index contributed by atoms with van der Waals surface area (Å²) in [5.41, 5.74) is -1.45. The largest absolute Gasteiger partial charge is 0.485 e. The van der Waals surface area contributed by atoms with Crippen molar-refractivity contribution in [1.82, 2.24) is 4.57 Å². The van der Waals surface area contributed by atoms with E-state index in [0.29, 0.717) is 11.3 Å². The highest BCUT2D eigenvalue weighted by atomic mass is 17.0. The molecule has 1 aliphatic heterocycles. The van der Waals surface area contributed by atoms with Crippen LogP contribution in [-0.4, -0.2) is 31.6 Å². The first-order valence-corrected chi connectivity index (χ1v) is 8.79. The lowest BCUT2D eigenvalue weighted by molar-refractivity contribution is -0.855. The van der Waals surface area contributed by atoms with Crippen molar-refractivity contribution in [3.05, 3.63) is 83.8 Å². The van der Waals surface area contributed by atoms with E-state index in [1.807, 2.05) is 6.07 Å². The minimum atomic E-state index is -2.06. The average molecular weight is 432 g/mol. The number of hydrogen-bond acceptors (Lipinski definition) is 10. The molecule has 3 rings (SSSR count). The summed E-state index contributed by atoms with van der Waals surface area (Å²) in [7, 11) is 0. The quantitative estimate of drug-likeness (QED) is 0.396. The Balaban J connectivity index is 2.18. The maximum absolute atomic E-state index is 12.7. The third-order valence-electron chi connectivity index (χ3n) is 4.74. The van der Waals surface area contributed by atoms with Gasteiger partial charge in [-0.15, -0.1) is 20.2 Å². The number of fused-ring (bicyclic) bond motifs is 1. The second-order valence-electron chi connectivity index (χ2n) is 7.16. The molecule has 1 N–H and O–H groups in total. The molecule has 0 fully saturated rings. The van der Waals surface area contributed by atoms with E-state index in [1.165, 1.54) is 18.2 Å². The second kappa shape index (κ2) is 7.92. The van der Waals surface area contributed by atoms with Crippen molar-refractivity contribution in [2.24, 2.45) is 0 Å². The predicted molar refractivity (Wildman–Crippen MR) is 99.6 cm³/mol. The number of hydrogen-bond donors (Lipinski definition) is 1. The van der Waals surface area contributed by atoms with E-state index < -0.39 is 39.8 Å². The highest BCUT2D eigenvalue weighted by Gasteiger charge is 2.44. The van der Waals surface area contributed by atoms with Crippen LogP contribution in [0.1, 0.15) is 42.9 Å². The van der Waals surface area contributed by atoms with Gasteiger partial charge in [0.2, 0.25) is 0 Å². The van der Waals surface area contributed by atoms with Gasteiger partial charge in [-0.1, -0.05) is 0 Å². The monoisotopic (exact) mass is 432 g/mol. The van der Waals surface area contributed by atoms with Gasteiger partial charge in [-0.3, -0.25) is 14.5 Å². The van der Waals surface area contributed by atoms with Crippen molar-refractivity contribution in [2.45, 2.75) is 37.9 Å². The Labute approximate surface area is 173 Å². The van der Waals surface area contributed by atoms with Crippen molar-refractivity contribution in [3.63, 3.8) is 0 Å². The van der Waals surface area contributed by atoms with E-state index in [4.69, 9.17) is 4.74 Å². The number of pyridine rings is 1. The van der Waals surface area contributed by atoms with Crippen LogP contribution >= 0.6 is 0 Å². The SMILES string of the molecule is CC1(C)Oc2ccc(C#N)cc2C(n2cc(C(O[N+](=O)[O-])O[N+](=O)[O-])ccc2=O)C1O. The smallest absolute Gasteiger partial charge is 0.297 e. The Kier molecular flexibility index (Phi) is 5.50. The van der Waals surface area contributed by atoms with Gasteiger partial charge in [-0.05, 0) is 38.1 Å². The number of aromatic nitrogens is 1. The third kappa shape index (κ3) is 4.23. The van der Waals surface area contributed by atoms with Gasteiger partial charge < -0.3 is 14.4 Å². The Morgan fingerprint density at radius 2 is 1.87 bits per heavy atom. The van der Waals surface area contributed by atoms with Crippen LogP contribution in [0.4, 0.5) is 0 Å². The molecule has 0 saturated carbocycles. The van der Waals surface area contributed by atoms with E-state index in [9.17, 15) is 35.4 Å². The molecule has 2 atom stereocenters. The molecule has 13 heteroatoms. The summed E-state index contributed by atoms with van der Waals surface area (Å²) < 4.78 is 6.83. The highest BCUT2D eigenvalue weighted by Crippen LogP contribution is 2.42. The Bertz CT molecular complexity index is 1120. The van der Waals surface area contributed by atoms with Crippen LogP contribution in [0.25, 0.3) is 0 Å². The summed E-state index contributed by atoms with van der Waals surface area (Å²) in [6.45, 7) is 3.18. The third-order valence-corrected chi connectivity index (χ3v) is 4.74. The number of aliphatic hydroxyl groups is 1. The first kappa shape index (κ1) is 21.5. The van der Waals surface area contributed by atoms with Crippen LogP contribution in [0.2, 0.25) is 0 Å². The number of benzene rings is 1. The van der Waals surface area contributed by atoms with Crippen LogP contribution in [0, 0.1) is 31.6 Å². The molecule has 31 heavy (non-hydrogen) atoms. The maximum Gasteiger partial charge on any atom is 0.297 e. The molecule has 0 saturated heterocycles. The number of nitriles is 1. The van der Waals surface area contributed by atoms with Gasteiger partial charge in [0.25, 0.3) is 22.0 Å². The van der Waals surface area contributed by atoms with E-state index in [-0.39, 0.29) is 11.1 Å². The molecular weight excluding hydrogens is 416 g/mol. The van der Waals surface area contributed by atoms with Crippen LogP contribution in [0.15, 0.2) is 41.3 Å². The molecule has 13 nitrogen and oxygen atoms in total. The molecule has 0 amide bonds. The van der Waals surface area contributed by atoms with Gasteiger partial charge in [0.1, 0.15) is 17.5 Å². The maximum atomic E-state index is 12.7. The Hall–Kier alpha value is -4.18. The standard InChI is InChI=1S/C18H16N4O9/c1-18(2)16(24)15(12-7-10(8-19)3-5-13(12)29-18)20-9-11(4-6-14(20)23)17(30-21(25)26)31-22(27)28/h3-7,9,15-17,24H,1-2H3. The van der Waals surface area contributed by atoms with Crippen LogP contribution < -0.4 is 10.3 Å². The van der Waals surface area contributed by atoms with Crippen molar-refractivity contribution >= 4 is 0 Å². The van der Waals surface area contributed by atoms with Crippen LogP contribution in [-0.2, 0) is 9.68 Å². The topological polar surface area (TPSA) is 180 Å². The lowest BCUT2D eigenvalue weighted by Gasteiger charge is -2.42. The number of nitrogens with zero attached hydrogens (tertiary/aromatic N) is 4. The van der Waals surface area contributed by atoms with E-state index in [2.05, 4.69) is 9.68 Å². The van der Waals surface area contributed by atoms with Crippen LogP contribution in [0.5, 0.6) is 5.75 Å². The van der Waals surface area contributed by atoms with E-state index >= 15 is 0 Å². The predicted octanol–water partition coefficient (Wildman–Crippen LogP) is 1.26. The second-order valence-corrected chi connectivity index (χ2v) is 7.16. The normalized spacial score (nSPS) is 18.9. The molecule has 0 radical (unpaired) electrons. The summed E-state index contributed by atoms with van der Waals surface area (Å²) in [5, 5.41) is 39.1. The number of aliphatic hydroxyl groups excluding tert-OH is 1. The molecule has 0 bridgehead atoms. The molecule has 1 aliphatic rings.